The average molecular weight is 251 g/mol. The molecule has 0 saturated carbocycles. The Balaban J connectivity index is 4.09. The van der Waals surface area contributed by atoms with E-state index in [1.54, 1.807) is 0 Å². The summed E-state index contributed by atoms with van der Waals surface area (Å²) in [6.45, 7) is 18.0. The molecular weight excluding hydrogens is 224 g/mol. The Hall–Kier alpha value is 0.571. The van der Waals surface area contributed by atoms with E-state index < -0.39 is 25.0 Å². The van der Waals surface area contributed by atoms with Gasteiger partial charge in [-0.2, -0.15) is 0 Å². The largest absolute Gasteiger partial charge is 0.436 e. The molecule has 2 nitrogen and oxygen atoms in total. The van der Waals surface area contributed by atoms with Gasteiger partial charge in [0.05, 0.1) is 8.07 Å². The third-order valence-electron chi connectivity index (χ3n) is 1.40. The van der Waals surface area contributed by atoms with Crippen LogP contribution in [0.15, 0.2) is 0 Å². The lowest BCUT2D eigenvalue weighted by molar-refractivity contribution is 0.288. The zero-order chi connectivity index (χ0) is 11.6. The third-order valence-corrected chi connectivity index (χ3v) is 7.96. The van der Waals surface area contributed by atoms with E-state index in [4.69, 9.17) is 8.54 Å². The summed E-state index contributed by atoms with van der Waals surface area (Å²) in [6.07, 6.45) is 0.927. The molecule has 0 atom stereocenters. The normalized spacial score (nSPS) is 14.6. The van der Waals surface area contributed by atoms with Crippen molar-refractivity contribution in [2.75, 3.05) is 6.23 Å². The maximum absolute atomic E-state index is 6.10. The van der Waals surface area contributed by atoms with Gasteiger partial charge < -0.3 is 8.54 Å². The highest BCUT2D eigenvalue weighted by atomic mass is 28.4. The Bertz CT molecular complexity index is 179. The number of rotatable bonds is 5. The van der Waals surface area contributed by atoms with E-state index in [9.17, 15) is 0 Å². The van der Waals surface area contributed by atoms with Crippen LogP contribution in [-0.4, -0.2) is 31.2 Å². The maximum Gasteiger partial charge on any atom is 0.321 e. The molecule has 0 unspecified atom stereocenters. The lowest BCUT2D eigenvalue weighted by Crippen LogP contribution is -2.47. The molecule has 0 aromatic carbocycles. The summed E-state index contributed by atoms with van der Waals surface area (Å²) in [7, 11) is -4.38. The molecule has 0 bridgehead atoms. The van der Waals surface area contributed by atoms with Crippen LogP contribution < -0.4 is 0 Å². The molecular formula is C9H26O2Si3. The molecule has 0 rings (SSSR count). The fraction of sp³-hybridized carbons (Fsp3) is 1.00. The van der Waals surface area contributed by atoms with Gasteiger partial charge in [0, 0.05) is 6.23 Å². The Morgan fingerprint density at radius 2 is 1.21 bits per heavy atom. The second kappa shape index (κ2) is 4.61. The first-order chi connectivity index (χ1) is 5.91. The monoisotopic (exact) mass is 250 g/mol. The quantitative estimate of drug-likeness (QED) is 0.696. The topological polar surface area (TPSA) is 18.5 Å². The van der Waals surface area contributed by atoms with Gasteiger partial charge in [-0.1, -0.05) is 19.6 Å². The average Bonchev–Trinajstić information content (AvgIpc) is 1.76. The molecule has 0 aliphatic rings. The van der Waals surface area contributed by atoms with Gasteiger partial charge in [-0.3, -0.25) is 0 Å². The highest BCUT2D eigenvalue weighted by molar-refractivity contribution is 6.82. The van der Waals surface area contributed by atoms with Crippen molar-refractivity contribution in [3.8, 4) is 0 Å². The van der Waals surface area contributed by atoms with Gasteiger partial charge in [-0.15, -0.1) is 0 Å². The SMILES string of the molecule is C[Si](C)(C)CO[Si](C)(C)O[Si](C)(C)C. The Morgan fingerprint density at radius 1 is 0.786 bits per heavy atom. The molecule has 86 valence electrons. The summed E-state index contributed by atoms with van der Waals surface area (Å²) in [5.74, 6) is 0. The molecule has 0 heterocycles. The van der Waals surface area contributed by atoms with Gasteiger partial charge in [0.25, 0.3) is 0 Å². The molecule has 14 heavy (non-hydrogen) atoms. The number of hydrogen-bond acceptors (Lipinski definition) is 2. The zero-order valence-electron chi connectivity index (χ0n) is 11.0. The molecule has 0 N–H and O–H groups in total. The van der Waals surface area contributed by atoms with Crippen molar-refractivity contribution in [1.82, 2.24) is 0 Å². The standard InChI is InChI=1S/C9H26O2Si3/c1-12(2,3)9-10-14(7,8)11-13(4,5)6/h9H2,1-8H3. The molecule has 0 aromatic rings. The van der Waals surface area contributed by atoms with Crippen molar-refractivity contribution in [3.05, 3.63) is 0 Å². The molecule has 0 radical (unpaired) electrons. The summed E-state index contributed by atoms with van der Waals surface area (Å²) in [5.41, 5.74) is 0. The zero-order valence-corrected chi connectivity index (χ0v) is 14.0. The van der Waals surface area contributed by atoms with Crippen LogP contribution in [-0.2, 0) is 8.54 Å². The van der Waals surface area contributed by atoms with E-state index in [-0.39, 0.29) is 0 Å². The fourth-order valence-electron chi connectivity index (χ4n) is 1.16. The van der Waals surface area contributed by atoms with Crippen LogP contribution in [0.25, 0.3) is 0 Å². The van der Waals surface area contributed by atoms with Gasteiger partial charge in [-0.05, 0) is 32.7 Å². The van der Waals surface area contributed by atoms with Crippen molar-refractivity contribution >= 4 is 25.0 Å². The second-order valence-electron chi connectivity index (χ2n) is 6.46. The van der Waals surface area contributed by atoms with Crippen LogP contribution in [0, 0.1) is 0 Å². The Kier molecular flexibility index (Phi) is 4.80. The van der Waals surface area contributed by atoms with E-state index in [0.29, 0.717) is 0 Å². The third kappa shape index (κ3) is 9.14. The summed E-state index contributed by atoms with van der Waals surface area (Å²) in [4.78, 5) is 0. The summed E-state index contributed by atoms with van der Waals surface area (Å²) >= 11 is 0. The van der Waals surface area contributed by atoms with Gasteiger partial charge in [0.2, 0.25) is 0 Å². The Labute approximate surface area is 92.4 Å². The van der Waals surface area contributed by atoms with E-state index in [1.165, 1.54) is 0 Å². The highest BCUT2D eigenvalue weighted by Crippen LogP contribution is 2.16. The highest BCUT2D eigenvalue weighted by Gasteiger charge is 2.32. The smallest absolute Gasteiger partial charge is 0.321 e. The number of hydrogen-bond donors (Lipinski definition) is 0. The van der Waals surface area contributed by atoms with Crippen molar-refractivity contribution < 1.29 is 8.54 Å². The lowest BCUT2D eigenvalue weighted by atomic mass is 11.7. The maximum atomic E-state index is 6.10. The minimum atomic E-state index is -1.85. The lowest BCUT2D eigenvalue weighted by Gasteiger charge is -2.32. The first-order valence-corrected chi connectivity index (χ1v) is 15.2. The molecule has 5 heteroatoms. The predicted molar refractivity (Wildman–Crippen MR) is 71.2 cm³/mol. The molecule has 0 aliphatic heterocycles. The van der Waals surface area contributed by atoms with Crippen molar-refractivity contribution in [2.45, 2.75) is 52.4 Å². The molecule has 0 amide bonds. The second-order valence-corrected chi connectivity index (χ2v) is 20.0. The van der Waals surface area contributed by atoms with Crippen LogP contribution in [0.2, 0.25) is 52.4 Å². The van der Waals surface area contributed by atoms with Crippen molar-refractivity contribution in [3.63, 3.8) is 0 Å². The van der Waals surface area contributed by atoms with Crippen LogP contribution >= 0.6 is 0 Å². The van der Waals surface area contributed by atoms with Crippen LogP contribution in [0.5, 0.6) is 0 Å². The first-order valence-electron chi connectivity index (χ1n) is 5.25. The van der Waals surface area contributed by atoms with Crippen LogP contribution in [0.4, 0.5) is 0 Å². The molecule has 0 aromatic heterocycles. The van der Waals surface area contributed by atoms with E-state index in [2.05, 4.69) is 52.4 Å². The predicted octanol–water partition coefficient (Wildman–Crippen LogP) is 3.43. The van der Waals surface area contributed by atoms with E-state index in [0.717, 1.165) is 6.23 Å². The molecule has 0 aliphatic carbocycles. The Morgan fingerprint density at radius 3 is 1.50 bits per heavy atom. The first kappa shape index (κ1) is 14.6. The van der Waals surface area contributed by atoms with Gasteiger partial charge in [-0.25, -0.2) is 0 Å². The van der Waals surface area contributed by atoms with E-state index >= 15 is 0 Å². The minimum absolute atomic E-state index is 0.927. The minimum Gasteiger partial charge on any atom is -0.436 e. The van der Waals surface area contributed by atoms with Crippen molar-refractivity contribution in [1.29, 1.82) is 0 Å². The van der Waals surface area contributed by atoms with Crippen molar-refractivity contribution in [2.24, 2.45) is 0 Å². The van der Waals surface area contributed by atoms with E-state index in [1.807, 2.05) is 0 Å². The molecule has 0 saturated heterocycles. The summed E-state index contributed by atoms with van der Waals surface area (Å²) in [5, 5.41) is 0. The van der Waals surface area contributed by atoms with Gasteiger partial charge in [0.15, 0.2) is 8.32 Å². The summed E-state index contributed by atoms with van der Waals surface area (Å²) < 4.78 is 12.1. The van der Waals surface area contributed by atoms with Crippen LogP contribution in [0.1, 0.15) is 0 Å². The van der Waals surface area contributed by atoms with Gasteiger partial charge >= 0.3 is 8.56 Å². The molecule has 0 fully saturated rings. The molecule has 0 spiro atoms. The van der Waals surface area contributed by atoms with Crippen LogP contribution in [0.3, 0.4) is 0 Å². The summed E-state index contributed by atoms with van der Waals surface area (Å²) in [6, 6.07) is 0. The fourth-order valence-corrected chi connectivity index (χ4v) is 10.4. The van der Waals surface area contributed by atoms with Gasteiger partial charge in [0.1, 0.15) is 0 Å².